The van der Waals surface area contributed by atoms with Gasteiger partial charge >= 0.3 is 6.18 Å². The van der Waals surface area contributed by atoms with Crippen molar-refractivity contribution in [2.24, 2.45) is 0 Å². The van der Waals surface area contributed by atoms with Crippen LogP contribution in [-0.4, -0.2) is 24.0 Å². The lowest BCUT2D eigenvalue weighted by Gasteiger charge is -2.27. The average molecular weight is 237 g/mol. The molecule has 94 valence electrons. The number of ketones is 1. The van der Waals surface area contributed by atoms with Crippen LogP contribution in [0.2, 0.25) is 0 Å². The van der Waals surface area contributed by atoms with Gasteiger partial charge in [-0.15, -0.1) is 0 Å². The number of carbonyl (C=O) groups excluding carboxylic acids is 1. The molecule has 0 aromatic carbocycles. The Labute approximate surface area is 93.6 Å². The number of hydrogen-bond acceptors (Lipinski definition) is 2. The van der Waals surface area contributed by atoms with Gasteiger partial charge in [-0.1, -0.05) is 13.3 Å². The van der Waals surface area contributed by atoms with Crippen molar-refractivity contribution in [2.45, 2.75) is 57.2 Å². The van der Waals surface area contributed by atoms with Gasteiger partial charge in [-0.3, -0.25) is 4.79 Å². The first-order valence-electron chi connectivity index (χ1n) is 5.75. The normalized spacial score (nSPS) is 26.0. The Balaban J connectivity index is 2.55. The monoisotopic (exact) mass is 237 g/mol. The van der Waals surface area contributed by atoms with Crippen molar-refractivity contribution in [1.82, 2.24) is 5.32 Å². The van der Waals surface area contributed by atoms with E-state index in [2.05, 4.69) is 5.32 Å². The van der Waals surface area contributed by atoms with Crippen molar-refractivity contribution in [3.8, 4) is 0 Å². The molecule has 5 heteroatoms. The van der Waals surface area contributed by atoms with E-state index in [1.807, 2.05) is 6.92 Å². The third kappa shape index (κ3) is 3.47. The third-order valence-corrected chi connectivity index (χ3v) is 3.09. The summed E-state index contributed by atoms with van der Waals surface area (Å²) in [5, 5.41) is 3.09. The Morgan fingerprint density at radius 3 is 2.56 bits per heavy atom. The summed E-state index contributed by atoms with van der Waals surface area (Å²) in [5.74, 6) is -0.274. The zero-order valence-electron chi connectivity index (χ0n) is 9.49. The van der Waals surface area contributed by atoms with Crippen molar-refractivity contribution in [2.75, 3.05) is 6.54 Å². The molecular formula is C11H18F3NO. The summed E-state index contributed by atoms with van der Waals surface area (Å²) >= 11 is 0. The zero-order chi connectivity index (χ0) is 12.2. The van der Waals surface area contributed by atoms with Crippen LogP contribution in [0.3, 0.4) is 0 Å². The highest BCUT2D eigenvalue weighted by atomic mass is 19.4. The molecule has 1 heterocycles. The van der Waals surface area contributed by atoms with Gasteiger partial charge in [0.1, 0.15) is 0 Å². The molecule has 16 heavy (non-hydrogen) atoms. The van der Waals surface area contributed by atoms with E-state index < -0.39 is 24.6 Å². The lowest BCUT2D eigenvalue weighted by Crippen LogP contribution is -2.47. The van der Waals surface area contributed by atoms with E-state index in [0.29, 0.717) is 12.8 Å². The van der Waals surface area contributed by atoms with Crippen LogP contribution in [-0.2, 0) is 4.79 Å². The van der Waals surface area contributed by atoms with Crippen molar-refractivity contribution in [1.29, 1.82) is 0 Å². The largest absolute Gasteiger partial charge is 0.389 e. The molecule has 1 fully saturated rings. The summed E-state index contributed by atoms with van der Waals surface area (Å²) in [6, 6.07) is 0. The Bertz CT molecular complexity index is 244. The number of rotatable bonds is 5. The van der Waals surface area contributed by atoms with E-state index in [1.54, 1.807) is 0 Å². The number of Topliss-reactive ketones (excluding diaryl/α,β-unsaturated/α-hetero) is 1. The van der Waals surface area contributed by atoms with Crippen LogP contribution in [0.4, 0.5) is 13.2 Å². The SMILES string of the molecule is CCCC1(C(=O)CCC(F)(F)F)CCCN1. The molecule has 0 amide bonds. The third-order valence-electron chi connectivity index (χ3n) is 3.09. The summed E-state index contributed by atoms with van der Waals surface area (Å²) < 4.78 is 36.1. The number of carbonyl (C=O) groups is 1. The molecule has 0 aliphatic carbocycles. The van der Waals surface area contributed by atoms with Crippen LogP contribution in [0, 0.1) is 0 Å². The van der Waals surface area contributed by atoms with Gasteiger partial charge in [-0.2, -0.15) is 13.2 Å². The lowest BCUT2D eigenvalue weighted by atomic mass is 9.85. The molecule has 1 unspecified atom stereocenters. The maximum absolute atomic E-state index is 12.0. The topological polar surface area (TPSA) is 29.1 Å². The van der Waals surface area contributed by atoms with E-state index in [0.717, 1.165) is 19.4 Å². The predicted molar refractivity (Wildman–Crippen MR) is 55.2 cm³/mol. The molecule has 0 bridgehead atoms. The second kappa shape index (κ2) is 5.17. The molecule has 0 saturated carbocycles. The Hall–Kier alpha value is -0.580. The Morgan fingerprint density at radius 1 is 1.44 bits per heavy atom. The quantitative estimate of drug-likeness (QED) is 0.796. The highest BCUT2D eigenvalue weighted by Gasteiger charge is 2.40. The summed E-state index contributed by atoms with van der Waals surface area (Å²) in [4.78, 5) is 11.8. The van der Waals surface area contributed by atoms with Crippen LogP contribution in [0.25, 0.3) is 0 Å². The van der Waals surface area contributed by atoms with E-state index in [1.165, 1.54) is 0 Å². The van der Waals surface area contributed by atoms with E-state index in [9.17, 15) is 18.0 Å². The highest BCUT2D eigenvalue weighted by molar-refractivity contribution is 5.88. The fraction of sp³-hybridized carbons (Fsp3) is 0.909. The Kier molecular flexibility index (Phi) is 4.35. The smallest absolute Gasteiger partial charge is 0.305 e. The molecule has 1 saturated heterocycles. The van der Waals surface area contributed by atoms with Crippen molar-refractivity contribution < 1.29 is 18.0 Å². The number of halogens is 3. The molecule has 1 atom stereocenters. The van der Waals surface area contributed by atoms with Gasteiger partial charge in [0.25, 0.3) is 0 Å². The lowest BCUT2D eigenvalue weighted by molar-refractivity contribution is -0.145. The van der Waals surface area contributed by atoms with Crippen LogP contribution in [0.15, 0.2) is 0 Å². The summed E-state index contributed by atoms with van der Waals surface area (Å²) in [6.07, 6.45) is -2.62. The van der Waals surface area contributed by atoms with E-state index >= 15 is 0 Å². The predicted octanol–water partition coefficient (Wildman–Crippen LogP) is 2.82. The molecule has 0 spiro atoms. The molecule has 1 N–H and O–H groups in total. The summed E-state index contributed by atoms with van der Waals surface area (Å²) in [5.41, 5.74) is -0.667. The van der Waals surface area contributed by atoms with Crippen LogP contribution < -0.4 is 5.32 Å². The number of alkyl halides is 3. The molecule has 2 nitrogen and oxygen atoms in total. The summed E-state index contributed by atoms with van der Waals surface area (Å²) in [6.45, 7) is 2.68. The van der Waals surface area contributed by atoms with Gasteiger partial charge in [0.2, 0.25) is 0 Å². The first-order chi connectivity index (χ1) is 7.40. The summed E-state index contributed by atoms with van der Waals surface area (Å²) in [7, 11) is 0. The first kappa shape index (κ1) is 13.5. The minimum Gasteiger partial charge on any atom is -0.305 e. The standard InChI is InChI=1S/C11H18F3NO/c1-2-5-10(6-3-8-15-10)9(16)4-7-11(12,13)14/h15H,2-8H2,1H3. The molecule has 1 aliphatic heterocycles. The van der Waals surface area contributed by atoms with Gasteiger partial charge < -0.3 is 5.32 Å². The van der Waals surface area contributed by atoms with Gasteiger partial charge in [-0.05, 0) is 25.8 Å². The maximum atomic E-state index is 12.0. The minimum absolute atomic E-state index is 0.274. The maximum Gasteiger partial charge on any atom is 0.389 e. The molecule has 1 aliphatic rings. The van der Waals surface area contributed by atoms with Crippen molar-refractivity contribution in [3.63, 3.8) is 0 Å². The molecular weight excluding hydrogens is 219 g/mol. The molecule has 0 aromatic rings. The fourth-order valence-corrected chi connectivity index (χ4v) is 2.32. The minimum atomic E-state index is -4.23. The van der Waals surface area contributed by atoms with Crippen LogP contribution >= 0.6 is 0 Å². The second-order valence-electron chi connectivity index (χ2n) is 4.40. The Morgan fingerprint density at radius 2 is 2.12 bits per heavy atom. The van der Waals surface area contributed by atoms with Gasteiger partial charge in [0.05, 0.1) is 12.0 Å². The van der Waals surface area contributed by atoms with Gasteiger partial charge in [0.15, 0.2) is 5.78 Å². The highest BCUT2D eigenvalue weighted by Crippen LogP contribution is 2.30. The zero-order valence-corrected chi connectivity index (χ0v) is 9.49. The number of nitrogens with one attached hydrogen (secondary N) is 1. The van der Waals surface area contributed by atoms with Crippen molar-refractivity contribution in [3.05, 3.63) is 0 Å². The van der Waals surface area contributed by atoms with Gasteiger partial charge in [-0.25, -0.2) is 0 Å². The van der Waals surface area contributed by atoms with Gasteiger partial charge in [0, 0.05) is 6.42 Å². The first-order valence-corrected chi connectivity index (χ1v) is 5.75. The van der Waals surface area contributed by atoms with Crippen molar-refractivity contribution >= 4 is 5.78 Å². The number of hydrogen-bond donors (Lipinski definition) is 1. The molecule has 0 radical (unpaired) electrons. The van der Waals surface area contributed by atoms with Crippen LogP contribution in [0.1, 0.15) is 45.4 Å². The molecule has 1 rings (SSSR count). The average Bonchev–Trinajstić information content (AvgIpc) is 2.63. The fourth-order valence-electron chi connectivity index (χ4n) is 2.32. The van der Waals surface area contributed by atoms with E-state index in [-0.39, 0.29) is 5.78 Å². The van der Waals surface area contributed by atoms with E-state index in [4.69, 9.17) is 0 Å². The second-order valence-corrected chi connectivity index (χ2v) is 4.40. The van der Waals surface area contributed by atoms with Crippen LogP contribution in [0.5, 0.6) is 0 Å². The molecule has 0 aromatic heterocycles.